The number of hydrogen-bond donors (Lipinski definition) is 0. The second-order valence-corrected chi connectivity index (χ2v) is 4.24. The summed E-state index contributed by atoms with van der Waals surface area (Å²) in [5.41, 5.74) is 2.39. The molecule has 1 heterocycles. The molecule has 104 valence electrons. The van der Waals surface area contributed by atoms with Crippen LogP contribution in [0.25, 0.3) is 0 Å². The molecule has 1 aliphatic rings. The van der Waals surface area contributed by atoms with Crippen LogP contribution in [0.2, 0.25) is 0 Å². The van der Waals surface area contributed by atoms with Crippen molar-refractivity contribution < 1.29 is 14.3 Å². The maximum atomic E-state index is 11.7. The van der Waals surface area contributed by atoms with Gasteiger partial charge < -0.3 is 9.64 Å². The lowest BCUT2D eigenvalue weighted by atomic mass is 10.1. The zero-order chi connectivity index (χ0) is 14.5. The molecule has 1 aromatic rings. The molecule has 0 spiro atoms. The van der Waals surface area contributed by atoms with Crippen molar-refractivity contribution >= 4 is 29.0 Å². The zero-order valence-electron chi connectivity index (χ0n) is 11.5. The fraction of sp³-hybridized carbons (Fsp3) is 0.333. The van der Waals surface area contributed by atoms with E-state index in [0.717, 1.165) is 11.4 Å². The monoisotopic (exact) mass is 272 g/mol. The van der Waals surface area contributed by atoms with Gasteiger partial charge in [-0.25, -0.2) is 9.79 Å². The number of allylic oxidation sites excluding steroid dienone is 1. The Labute approximate surface area is 117 Å². The van der Waals surface area contributed by atoms with Crippen LogP contribution in [0.5, 0.6) is 0 Å². The number of anilines is 1. The van der Waals surface area contributed by atoms with Gasteiger partial charge in [0.25, 0.3) is 0 Å². The number of aliphatic imine (C=N–C) groups is 1. The van der Waals surface area contributed by atoms with Crippen LogP contribution >= 0.6 is 0 Å². The smallest absolute Gasteiger partial charge is 0.325 e. The summed E-state index contributed by atoms with van der Waals surface area (Å²) >= 11 is 0. The van der Waals surface area contributed by atoms with Crippen molar-refractivity contribution in [2.24, 2.45) is 4.99 Å². The first-order valence-electron chi connectivity index (χ1n) is 6.56. The molecule has 0 aliphatic carbocycles. The van der Waals surface area contributed by atoms with E-state index in [4.69, 9.17) is 4.74 Å². The Morgan fingerprint density at radius 2 is 2.10 bits per heavy atom. The summed E-state index contributed by atoms with van der Waals surface area (Å²) in [5.74, 6) is 1.52. The molecular formula is C15H16N2O3. The van der Waals surface area contributed by atoms with Gasteiger partial charge in [0.1, 0.15) is 12.2 Å². The van der Waals surface area contributed by atoms with Crippen LogP contribution in [0, 0.1) is 0 Å². The van der Waals surface area contributed by atoms with E-state index in [9.17, 15) is 9.59 Å². The van der Waals surface area contributed by atoms with Crippen molar-refractivity contribution in [3.05, 3.63) is 30.0 Å². The van der Waals surface area contributed by atoms with Crippen molar-refractivity contribution in [2.45, 2.75) is 20.3 Å². The minimum Gasteiger partial charge on any atom is -0.465 e. The SMILES string of the molecule is CCOC(=O)CN1C(=C=O)C(CC)=Nc2ccccc21. The number of ether oxygens (including phenoxy) is 1. The second kappa shape index (κ2) is 6.17. The number of hydrogen-bond acceptors (Lipinski definition) is 5. The summed E-state index contributed by atoms with van der Waals surface area (Å²) in [6, 6.07) is 7.38. The first-order chi connectivity index (χ1) is 9.71. The number of carbonyl (C=O) groups excluding carboxylic acids is 2. The van der Waals surface area contributed by atoms with Crippen LogP contribution in [0.3, 0.4) is 0 Å². The standard InChI is InChI=1S/C15H16N2O3/c1-3-11-14(10-18)17(9-15(19)20-4-2)13-8-6-5-7-12(13)16-11/h5-8H,3-4,9H2,1-2H3. The van der Waals surface area contributed by atoms with Gasteiger partial charge in [-0.15, -0.1) is 0 Å². The summed E-state index contributed by atoms with van der Waals surface area (Å²) in [7, 11) is 0. The molecule has 0 N–H and O–H groups in total. The first-order valence-corrected chi connectivity index (χ1v) is 6.56. The Kier molecular flexibility index (Phi) is 4.33. The van der Waals surface area contributed by atoms with E-state index in [2.05, 4.69) is 4.99 Å². The van der Waals surface area contributed by atoms with Crippen molar-refractivity contribution in [3.8, 4) is 0 Å². The summed E-state index contributed by atoms with van der Waals surface area (Å²) in [5, 5.41) is 0. The number of nitrogens with zero attached hydrogens (tertiary/aromatic N) is 2. The third kappa shape index (κ3) is 2.63. The summed E-state index contributed by atoms with van der Waals surface area (Å²) < 4.78 is 4.96. The molecule has 5 nitrogen and oxygen atoms in total. The molecule has 0 fully saturated rings. The lowest BCUT2D eigenvalue weighted by Crippen LogP contribution is -2.35. The molecule has 0 radical (unpaired) electrons. The van der Waals surface area contributed by atoms with Crippen LogP contribution in [0.1, 0.15) is 20.3 Å². The number of rotatable bonds is 4. The molecule has 0 saturated heterocycles. The van der Waals surface area contributed by atoms with Gasteiger partial charge in [0.05, 0.1) is 23.7 Å². The highest BCUT2D eigenvalue weighted by atomic mass is 16.5. The molecule has 0 atom stereocenters. The molecular weight excluding hydrogens is 256 g/mol. The molecule has 0 amide bonds. The molecule has 2 rings (SSSR count). The topological polar surface area (TPSA) is 59.0 Å². The van der Waals surface area contributed by atoms with Crippen molar-refractivity contribution in [1.29, 1.82) is 0 Å². The van der Waals surface area contributed by atoms with E-state index in [1.54, 1.807) is 11.8 Å². The van der Waals surface area contributed by atoms with E-state index < -0.39 is 0 Å². The Morgan fingerprint density at radius 1 is 1.35 bits per heavy atom. The van der Waals surface area contributed by atoms with Gasteiger partial charge in [0.2, 0.25) is 0 Å². The normalized spacial score (nSPS) is 13.4. The average Bonchev–Trinajstić information content (AvgIpc) is 2.47. The fourth-order valence-corrected chi connectivity index (χ4v) is 2.12. The van der Waals surface area contributed by atoms with Crippen LogP contribution in [-0.2, 0) is 14.3 Å². The van der Waals surface area contributed by atoms with Crippen molar-refractivity contribution in [3.63, 3.8) is 0 Å². The molecule has 0 saturated carbocycles. The summed E-state index contributed by atoms with van der Waals surface area (Å²) in [4.78, 5) is 29.0. The largest absolute Gasteiger partial charge is 0.465 e. The summed E-state index contributed by atoms with van der Waals surface area (Å²) in [6.07, 6.45) is 0.595. The molecule has 20 heavy (non-hydrogen) atoms. The Morgan fingerprint density at radius 3 is 2.75 bits per heavy atom. The highest BCUT2D eigenvalue weighted by molar-refractivity contribution is 6.13. The second-order valence-electron chi connectivity index (χ2n) is 4.24. The Hall–Kier alpha value is -2.39. The van der Waals surface area contributed by atoms with E-state index in [0.29, 0.717) is 24.4 Å². The average molecular weight is 272 g/mol. The lowest BCUT2D eigenvalue weighted by molar-refractivity contribution is -0.141. The van der Waals surface area contributed by atoms with Crippen LogP contribution in [-0.4, -0.2) is 30.8 Å². The maximum Gasteiger partial charge on any atom is 0.325 e. The van der Waals surface area contributed by atoms with Gasteiger partial charge in [-0.05, 0) is 25.5 Å². The molecule has 0 aromatic heterocycles. The molecule has 1 aromatic carbocycles. The lowest BCUT2D eigenvalue weighted by Gasteiger charge is -2.29. The van der Waals surface area contributed by atoms with Gasteiger partial charge in [0, 0.05) is 0 Å². The van der Waals surface area contributed by atoms with Gasteiger partial charge in [0.15, 0.2) is 5.94 Å². The fourth-order valence-electron chi connectivity index (χ4n) is 2.12. The van der Waals surface area contributed by atoms with E-state index in [1.807, 2.05) is 37.1 Å². The van der Waals surface area contributed by atoms with E-state index >= 15 is 0 Å². The van der Waals surface area contributed by atoms with Gasteiger partial charge in [-0.2, -0.15) is 0 Å². The highest BCUT2D eigenvalue weighted by Gasteiger charge is 2.26. The van der Waals surface area contributed by atoms with Gasteiger partial charge in [-0.3, -0.25) is 4.79 Å². The van der Waals surface area contributed by atoms with Crippen molar-refractivity contribution in [1.82, 2.24) is 0 Å². The zero-order valence-corrected chi connectivity index (χ0v) is 11.5. The molecule has 1 aliphatic heterocycles. The summed E-state index contributed by atoms with van der Waals surface area (Å²) in [6.45, 7) is 3.95. The quantitative estimate of drug-likeness (QED) is 0.623. The molecule has 0 unspecified atom stereocenters. The van der Waals surface area contributed by atoms with E-state index in [-0.39, 0.29) is 12.5 Å². The van der Waals surface area contributed by atoms with Crippen LogP contribution in [0.15, 0.2) is 35.0 Å². The predicted molar refractivity (Wildman–Crippen MR) is 77.0 cm³/mol. The molecule has 5 heteroatoms. The number of para-hydroxylation sites is 2. The number of esters is 1. The minimum atomic E-state index is -0.382. The Balaban J connectivity index is 2.44. The van der Waals surface area contributed by atoms with Crippen molar-refractivity contribution in [2.75, 3.05) is 18.1 Å². The van der Waals surface area contributed by atoms with Gasteiger partial charge in [-0.1, -0.05) is 19.1 Å². The third-order valence-electron chi connectivity index (χ3n) is 3.00. The van der Waals surface area contributed by atoms with Gasteiger partial charge >= 0.3 is 5.97 Å². The molecule has 0 bridgehead atoms. The Bertz CT molecular complexity index is 601. The predicted octanol–water partition coefficient (Wildman–Crippen LogP) is 2.27. The van der Waals surface area contributed by atoms with Crippen LogP contribution < -0.4 is 4.90 Å². The maximum absolute atomic E-state index is 11.7. The highest BCUT2D eigenvalue weighted by Crippen LogP contribution is 2.35. The number of carbonyl (C=O) groups is 1. The number of benzene rings is 1. The van der Waals surface area contributed by atoms with E-state index in [1.165, 1.54) is 0 Å². The number of fused-ring (bicyclic) bond motifs is 1. The first kappa shape index (κ1) is 14.0. The van der Waals surface area contributed by atoms with Crippen LogP contribution in [0.4, 0.5) is 11.4 Å². The third-order valence-corrected chi connectivity index (χ3v) is 3.00. The minimum absolute atomic E-state index is 0.0194.